The Labute approximate surface area is 168 Å². The molecule has 29 heavy (non-hydrogen) atoms. The van der Waals surface area contributed by atoms with Crippen LogP contribution in [0.1, 0.15) is 17.4 Å². The van der Waals surface area contributed by atoms with Crippen LogP contribution >= 0.6 is 0 Å². The lowest BCUT2D eigenvalue weighted by atomic mass is 10.2. The van der Waals surface area contributed by atoms with E-state index in [-0.39, 0.29) is 5.91 Å². The molecule has 0 aliphatic rings. The number of nitrogens with one attached hydrogen (secondary N) is 2. The second-order valence-electron chi connectivity index (χ2n) is 6.32. The van der Waals surface area contributed by atoms with Crippen molar-refractivity contribution >= 4 is 33.9 Å². The molecule has 2 heterocycles. The summed E-state index contributed by atoms with van der Waals surface area (Å²) in [4.78, 5) is 21.4. The zero-order chi connectivity index (χ0) is 20.1. The van der Waals surface area contributed by atoms with E-state index in [1.807, 2.05) is 61.5 Å². The van der Waals surface area contributed by atoms with Crippen molar-refractivity contribution in [1.29, 1.82) is 0 Å². The van der Waals surface area contributed by atoms with Crippen molar-refractivity contribution in [2.24, 2.45) is 0 Å². The zero-order valence-corrected chi connectivity index (χ0v) is 15.9. The summed E-state index contributed by atoms with van der Waals surface area (Å²) in [5.74, 6) is 0.316. The average molecular weight is 384 g/mol. The number of benzene rings is 2. The lowest BCUT2D eigenvalue weighted by Crippen LogP contribution is -2.14. The van der Waals surface area contributed by atoms with Crippen LogP contribution in [0.3, 0.4) is 0 Å². The van der Waals surface area contributed by atoms with E-state index in [2.05, 4.69) is 20.6 Å². The van der Waals surface area contributed by atoms with Crippen molar-refractivity contribution < 1.29 is 9.53 Å². The number of anilines is 3. The van der Waals surface area contributed by atoms with Crippen LogP contribution in [0.5, 0.6) is 5.75 Å². The summed E-state index contributed by atoms with van der Waals surface area (Å²) < 4.78 is 5.56. The second-order valence-corrected chi connectivity index (χ2v) is 6.32. The maximum Gasteiger partial charge on any atom is 0.274 e. The maximum atomic E-state index is 12.7. The van der Waals surface area contributed by atoms with Crippen LogP contribution < -0.4 is 15.4 Å². The highest BCUT2D eigenvalue weighted by Gasteiger charge is 2.12. The van der Waals surface area contributed by atoms with Crippen molar-refractivity contribution in [2.75, 3.05) is 17.2 Å². The van der Waals surface area contributed by atoms with Gasteiger partial charge in [-0.3, -0.25) is 14.8 Å². The molecule has 0 radical (unpaired) electrons. The lowest BCUT2D eigenvalue weighted by Gasteiger charge is -2.12. The minimum Gasteiger partial charge on any atom is -0.492 e. The van der Waals surface area contributed by atoms with Gasteiger partial charge in [0.25, 0.3) is 5.91 Å². The van der Waals surface area contributed by atoms with Crippen LogP contribution in [0, 0.1) is 0 Å². The molecule has 0 atom stereocenters. The van der Waals surface area contributed by atoms with Crippen LogP contribution in [0.4, 0.5) is 17.1 Å². The van der Waals surface area contributed by atoms with Gasteiger partial charge in [0.15, 0.2) is 0 Å². The van der Waals surface area contributed by atoms with Crippen molar-refractivity contribution in [3.05, 3.63) is 84.8 Å². The number of aromatic nitrogens is 2. The molecule has 6 heteroatoms. The van der Waals surface area contributed by atoms with Crippen molar-refractivity contribution in [1.82, 2.24) is 9.97 Å². The van der Waals surface area contributed by atoms with Gasteiger partial charge >= 0.3 is 0 Å². The molecule has 0 bridgehead atoms. The maximum absolute atomic E-state index is 12.7. The Morgan fingerprint density at radius 3 is 2.66 bits per heavy atom. The predicted octanol–water partition coefficient (Wildman–Crippen LogP) is 5.02. The van der Waals surface area contributed by atoms with E-state index in [9.17, 15) is 4.79 Å². The van der Waals surface area contributed by atoms with Crippen molar-refractivity contribution in [2.45, 2.75) is 6.92 Å². The fraction of sp³-hybridized carbons (Fsp3) is 0.0870. The fourth-order valence-corrected chi connectivity index (χ4v) is 3.03. The molecule has 0 saturated carbocycles. The number of ether oxygens (including phenoxy) is 1. The van der Waals surface area contributed by atoms with Gasteiger partial charge in [-0.2, -0.15) is 0 Å². The molecule has 2 aromatic carbocycles. The first-order valence-electron chi connectivity index (χ1n) is 9.34. The molecular formula is C23H20N4O2. The number of hydrogen-bond donors (Lipinski definition) is 2. The summed E-state index contributed by atoms with van der Waals surface area (Å²) in [5.41, 5.74) is 3.39. The van der Waals surface area contributed by atoms with Crippen molar-refractivity contribution in [3.8, 4) is 5.75 Å². The number of amides is 1. The molecule has 0 saturated heterocycles. The smallest absolute Gasteiger partial charge is 0.274 e. The molecule has 0 spiro atoms. The summed E-state index contributed by atoms with van der Waals surface area (Å²) in [6.07, 6.45) is 3.36. The van der Waals surface area contributed by atoms with Crippen LogP contribution in [0.2, 0.25) is 0 Å². The minimum atomic E-state index is -0.308. The first-order chi connectivity index (χ1) is 14.2. The summed E-state index contributed by atoms with van der Waals surface area (Å²) in [6.45, 7) is 2.42. The molecule has 0 unspecified atom stereocenters. The van der Waals surface area contributed by atoms with E-state index in [4.69, 9.17) is 4.74 Å². The summed E-state index contributed by atoms with van der Waals surface area (Å²) in [6, 6.07) is 20.7. The molecule has 2 N–H and O–H groups in total. The number of carbonyl (C=O) groups excluding carboxylic acids is 1. The Hall–Kier alpha value is -3.93. The number of carbonyl (C=O) groups is 1. The first-order valence-corrected chi connectivity index (χ1v) is 9.34. The van der Waals surface area contributed by atoms with Gasteiger partial charge in [-0.1, -0.05) is 30.3 Å². The third kappa shape index (κ3) is 4.16. The van der Waals surface area contributed by atoms with Gasteiger partial charge in [-0.15, -0.1) is 0 Å². The Morgan fingerprint density at radius 1 is 0.931 bits per heavy atom. The summed E-state index contributed by atoms with van der Waals surface area (Å²) >= 11 is 0. The second kappa shape index (κ2) is 8.39. The van der Waals surface area contributed by atoms with E-state index in [0.717, 1.165) is 22.3 Å². The first kappa shape index (κ1) is 18.4. The third-order valence-corrected chi connectivity index (χ3v) is 4.34. The van der Waals surface area contributed by atoms with E-state index in [1.165, 1.54) is 0 Å². The summed E-state index contributed by atoms with van der Waals surface area (Å²) in [5, 5.41) is 7.24. The monoisotopic (exact) mass is 384 g/mol. The molecule has 144 valence electrons. The molecule has 0 aliphatic carbocycles. The third-order valence-electron chi connectivity index (χ3n) is 4.34. The largest absolute Gasteiger partial charge is 0.492 e. The van der Waals surface area contributed by atoms with Gasteiger partial charge in [0, 0.05) is 23.5 Å². The number of rotatable bonds is 6. The molecule has 6 nitrogen and oxygen atoms in total. The van der Waals surface area contributed by atoms with E-state index < -0.39 is 0 Å². The number of fused-ring (bicyclic) bond motifs is 1. The molecule has 2 aromatic heterocycles. The van der Waals surface area contributed by atoms with Crippen LogP contribution in [0.25, 0.3) is 10.9 Å². The SMILES string of the molecule is CCOc1ccccc1NC(=O)c1cc(Nc2cccc3cccnc23)ccn1. The molecular weight excluding hydrogens is 364 g/mol. The Kier molecular flexibility index (Phi) is 5.33. The molecule has 4 aromatic rings. The van der Waals surface area contributed by atoms with Crippen LogP contribution in [-0.2, 0) is 0 Å². The Bertz CT molecular complexity index is 1150. The van der Waals surface area contributed by atoms with Gasteiger partial charge < -0.3 is 15.4 Å². The molecule has 0 fully saturated rings. The standard InChI is InChI=1S/C23H20N4O2/c1-2-29-21-11-4-3-9-18(21)27-23(28)20-15-17(12-14-24-20)26-19-10-5-7-16-8-6-13-25-22(16)19/h3-15H,2H2,1H3,(H,24,26)(H,27,28). The lowest BCUT2D eigenvalue weighted by molar-refractivity contribution is 0.102. The van der Waals surface area contributed by atoms with Gasteiger partial charge in [0.2, 0.25) is 0 Å². The normalized spacial score (nSPS) is 10.5. The Morgan fingerprint density at radius 2 is 1.76 bits per heavy atom. The van der Waals surface area contributed by atoms with Crippen LogP contribution in [0.15, 0.2) is 79.1 Å². The predicted molar refractivity (Wildman–Crippen MR) is 115 cm³/mol. The van der Waals surface area contributed by atoms with E-state index in [1.54, 1.807) is 24.5 Å². The Balaban J connectivity index is 1.56. The highest BCUT2D eigenvalue weighted by Crippen LogP contribution is 2.26. The fourth-order valence-electron chi connectivity index (χ4n) is 3.03. The quantitative estimate of drug-likeness (QED) is 0.488. The summed E-state index contributed by atoms with van der Waals surface area (Å²) in [7, 11) is 0. The molecule has 1 amide bonds. The number of para-hydroxylation sites is 3. The van der Waals surface area contributed by atoms with Gasteiger partial charge in [0.1, 0.15) is 11.4 Å². The van der Waals surface area contributed by atoms with Crippen LogP contribution in [-0.4, -0.2) is 22.5 Å². The topological polar surface area (TPSA) is 76.1 Å². The van der Waals surface area contributed by atoms with Gasteiger partial charge in [-0.05, 0) is 43.3 Å². The van der Waals surface area contributed by atoms with E-state index >= 15 is 0 Å². The minimum absolute atomic E-state index is 0.300. The number of hydrogen-bond acceptors (Lipinski definition) is 5. The zero-order valence-electron chi connectivity index (χ0n) is 15.9. The molecule has 0 aliphatic heterocycles. The highest BCUT2D eigenvalue weighted by atomic mass is 16.5. The number of pyridine rings is 2. The van der Waals surface area contributed by atoms with Crippen molar-refractivity contribution in [3.63, 3.8) is 0 Å². The molecule has 4 rings (SSSR count). The number of nitrogens with zero attached hydrogens (tertiary/aromatic N) is 2. The van der Waals surface area contributed by atoms with Gasteiger partial charge in [0.05, 0.1) is 23.5 Å². The van der Waals surface area contributed by atoms with Gasteiger partial charge in [-0.25, -0.2) is 0 Å². The average Bonchev–Trinajstić information content (AvgIpc) is 2.76. The van der Waals surface area contributed by atoms with E-state index in [0.29, 0.717) is 23.7 Å². The highest BCUT2D eigenvalue weighted by molar-refractivity contribution is 6.04.